The first-order valence-corrected chi connectivity index (χ1v) is 8.98. The summed E-state index contributed by atoms with van der Waals surface area (Å²) < 4.78 is 28.3. The van der Waals surface area contributed by atoms with E-state index >= 15 is 0 Å². The Morgan fingerprint density at radius 1 is 1.14 bits per heavy atom. The molecule has 0 atom stereocenters. The smallest absolute Gasteiger partial charge is 0.243 e. The first-order chi connectivity index (χ1) is 10.5. The Labute approximate surface area is 132 Å². The van der Waals surface area contributed by atoms with Crippen LogP contribution in [0.3, 0.4) is 0 Å². The Morgan fingerprint density at radius 2 is 1.82 bits per heavy atom. The van der Waals surface area contributed by atoms with Crippen molar-refractivity contribution in [3.63, 3.8) is 0 Å². The van der Waals surface area contributed by atoms with E-state index in [2.05, 4.69) is 12.0 Å². The maximum absolute atomic E-state index is 12.6. The molecule has 0 spiro atoms. The van der Waals surface area contributed by atoms with E-state index in [0.717, 1.165) is 30.5 Å². The van der Waals surface area contributed by atoms with Crippen LogP contribution < -0.4 is 0 Å². The van der Waals surface area contributed by atoms with Crippen LogP contribution >= 0.6 is 0 Å². The van der Waals surface area contributed by atoms with Gasteiger partial charge in [0.1, 0.15) is 0 Å². The van der Waals surface area contributed by atoms with Crippen LogP contribution in [-0.2, 0) is 29.5 Å². The first-order valence-electron chi connectivity index (χ1n) is 7.54. The van der Waals surface area contributed by atoms with Gasteiger partial charge < -0.3 is 0 Å². The quantitative estimate of drug-likeness (QED) is 0.788. The summed E-state index contributed by atoms with van der Waals surface area (Å²) in [6.45, 7) is 5.19. The van der Waals surface area contributed by atoms with E-state index in [1.807, 2.05) is 25.3 Å². The number of aryl methyl sites for hydroxylation is 2. The summed E-state index contributed by atoms with van der Waals surface area (Å²) in [6, 6.07) is 7.15. The number of benzene rings is 1. The fourth-order valence-corrected chi connectivity index (χ4v) is 3.46. The highest BCUT2D eigenvalue weighted by Crippen LogP contribution is 2.18. The third-order valence-corrected chi connectivity index (χ3v) is 5.40. The maximum Gasteiger partial charge on any atom is 0.243 e. The molecule has 1 heterocycles. The molecule has 2 rings (SSSR count). The fraction of sp³-hybridized carbons (Fsp3) is 0.438. The summed E-state index contributed by atoms with van der Waals surface area (Å²) in [5.41, 5.74) is 2.05. The van der Waals surface area contributed by atoms with Crippen LogP contribution in [-0.4, -0.2) is 29.6 Å². The molecule has 2 aromatic rings. The molecule has 0 unspecified atom stereocenters. The summed E-state index contributed by atoms with van der Waals surface area (Å²) in [6.07, 6.45) is 5.59. The van der Waals surface area contributed by atoms with Gasteiger partial charge in [0.15, 0.2) is 0 Å². The zero-order chi connectivity index (χ0) is 16.2. The largest absolute Gasteiger partial charge is 0.273 e. The van der Waals surface area contributed by atoms with Crippen molar-refractivity contribution >= 4 is 10.0 Å². The Bertz CT molecular complexity index is 705. The summed E-state index contributed by atoms with van der Waals surface area (Å²) in [7, 11) is -1.87. The SMILES string of the molecule is CCCc1ccc(S(=O)(=O)N(C)Cc2cnn(CC)c2)cc1. The van der Waals surface area contributed by atoms with Crippen LogP contribution in [0, 0.1) is 0 Å². The van der Waals surface area contributed by atoms with Gasteiger partial charge in [-0.15, -0.1) is 0 Å². The summed E-state index contributed by atoms with van der Waals surface area (Å²) in [5, 5.41) is 4.17. The molecule has 0 amide bonds. The third kappa shape index (κ3) is 3.75. The molecule has 0 radical (unpaired) electrons. The molecule has 0 N–H and O–H groups in total. The van der Waals surface area contributed by atoms with Gasteiger partial charge in [-0.1, -0.05) is 25.5 Å². The van der Waals surface area contributed by atoms with E-state index in [9.17, 15) is 8.42 Å². The molecule has 0 bridgehead atoms. The van der Waals surface area contributed by atoms with E-state index in [4.69, 9.17) is 0 Å². The van der Waals surface area contributed by atoms with E-state index in [0.29, 0.717) is 11.4 Å². The highest BCUT2D eigenvalue weighted by Gasteiger charge is 2.21. The van der Waals surface area contributed by atoms with Gasteiger partial charge in [-0.05, 0) is 31.0 Å². The molecule has 5 nitrogen and oxygen atoms in total. The van der Waals surface area contributed by atoms with Gasteiger partial charge in [-0.2, -0.15) is 9.40 Å². The van der Waals surface area contributed by atoms with Gasteiger partial charge in [0, 0.05) is 31.9 Å². The minimum Gasteiger partial charge on any atom is -0.273 e. The second kappa shape index (κ2) is 7.07. The lowest BCUT2D eigenvalue weighted by molar-refractivity contribution is 0.466. The van der Waals surface area contributed by atoms with E-state index < -0.39 is 10.0 Å². The number of nitrogens with zero attached hydrogens (tertiary/aromatic N) is 3. The van der Waals surface area contributed by atoms with Crippen LogP contribution in [0.5, 0.6) is 0 Å². The molecular formula is C16H23N3O2S. The highest BCUT2D eigenvalue weighted by molar-refractivity contribution is 7.89. The minimum atomic E-state index is -3.47. The van der Waals surface area contributed by atoms with Crippen molar-refractivity contribution in [2.45, 2.75) is 44.7 Å². The Kier molecular flexibility index (Phi) is 5.37. The molecule has 22 heavy (non-hydrogen) atoms. The zero-order valence-corrected chi connectivity index (χ0v) is 14.2. The molecule has 0 fully saturated rings. The average molecular weight is 321 g/mol. The van der Waals surface area contributed by atoms with Gasteiger partial charge in [0.05, 0.1) is 11.1 Å². The van der Waals surface area contributed by atoms with Gasteiger partial charge in [0.2, 0.25) is 10.0 Å². The van der Waals surface area contributed by atoms with Crippen molar-refractivity contribution < 1.29 is 8.42 Å². The Hall–Kier alpha value is -1.66. The molecule has 120 valence electrons. The van der Waals surface area contributed by atoms with Crippen molar-refractivity contribution in [2.24, 2.45) is 0 Å². The Balaban J connectivity index is 2.14. The molecule has 1 aromatic heterocycles. The molecule has 0 aliphatic rings. The number of aromatic nitrogens is 2. The summed E-state index contributed by atoms with van der Waals surface area (Å²) in [5.74, 6) is 0. The minimum absolute atomic E-state index is 0.318. The predicted molar refractivity (Wildman–Crippen MR) is 87.0 cm³/mol. The number of sulfonamides is 1. The van der Waals surface area contributed by atoms with Crippen LogP contribution in [0.25, 0.3) is 0 Å². The first kappa shape index (κ1) is 16.7. The number of rotatable bonds is 7. The predicted octanol–water partition coefficient (Wildman–Crippen LogP) is 2.68. The Morgan fingerprint density at radius 3 is 2.36 bits per heavy atom. The van der Waals surface area contributed by atoms with Crippen LogP contribution in [0.2, 0.25) is 0 Å². The molecular weight excluding hydrogens is 298 g/mol. The third-order valence-electron chi connectivity index (χ3n) is 3.59. The van der Waals surface area contributed by atoms with Crippen LogP contribution in [0.15, 0.2) is 41.6 Å². The molecule has 0 saturated heterocycles. The van der Waals surface area contributed by atoms with Crippen molar-refractivity contribution in [3.05, 3.63) is 47.8 Å². The van der Waals surface area contributed by atoms with Crippen LogP contribution in [0.1, 0.15) is 31.4 Å². The topological polar surface area (TPSA) is 55.2 Å². The van der Waals surface area contributed by atoms with Crippen molar-refractivity contribution in [1.29, 1.82) is 0 Å². The zero-order valence-electron chi connectivity index (χ0n) is 13.4. The fourth-order valence-electron chi connectivity index (χ4n) is 2.30. The summed E-state index contributed by atoms with van der Waals surface area (Å²) >= 11 is 0. The van der Waals surface area contributed by atoms with Crippen molar-refractivity contribution in [1.82, 2.24) is 14.1 Å². The normalized spacial score (nSPS) is 12.0. The second-order valence-corrected chi connectivity index (χ2v) is 7.40. The molecule has 0 saturated carbocycles. The second-order valence-electron chi connectivity index (χ2n) is 5.36. The number of hydrogen-bond donors (Lipinski definition) is 0. The van der Waals surface area contributed by atoms with E-state index in [1.54, 1.807) is 30.1 Å². The lowest BCUT2D eigenvalue weighted by Gasteiger charge is -2.16. The van der Waals surface area contributed by atoms with E-state index in [-0.39, 0.29) is 0 Å². The molecule has 6 heteroatoms. The highest BCUT2D eigenvalue weighted by atomic mass is 32.2. The monoisotopic (exact) mass is 321 g/mol. The standard InChI is InChI=1S/C16H23N3O2S/c1-4-6-14-7-9-16(10-8-14)22(20,21)18(3)12-15-11-17-19(5-2)13-15/h7-11,13H,4-6,12H2,1-3H3. The van der Waals surface area contributed by atoms with Crippen molar-refractivity contribution in [2.75, 3.05) is 7.05 Å². The lowest BCUT2D eigenvalue weighted by Crippen LogP contribution is -2.26. The van der Waals surface area contributed by atoms with Crippen LogP contribution in [0.4, 0.5) is 0 Å². The summed E-state index contributed by atoms with van der Waals surface area (Å²) in [4.78, 5) is 0.331. The maximum atomic E-state index is 12.6. The number of hydrogen-bond acceptors (Lipinski definition) is 3. The molecule has 0 aliphatic carbocycles. The lowest BCUT2D eigenvalue weighted by atomic mass is 10.1. The van der Waals surface area contributed by atoms with Gasteiger partial charge in [0.25, 0.3) is 0 Å². The molecule has 0 aliphatic heterocycles. The van der Waals surface area contributed by atoms with Gasteiger partial charge in [-0.3, -0.25) is 4.68 Å². The van der Waals surface area contributed by atoms with Gasteiger partial charge >= 0.3 is 0 Å². The van der Waals surface area contributed by atoms with Crippen molar-refractivity contribution in [3.8, 4) is 0 Å². The average Bonchev–Trinajstić information content (AvgIpc) is 2.96. The van der Waals surface area contributed by atoms with E-state index in [1.165, 1.54) is 4.31 Å². The van der Waals surface area contributed by atoms with Gasteiger partial charge in [-0.25, -0.2) is 8.42 Å². The molecule has 1 aromatic carbocycles.